The minimum atomic E-state index is -0.185. The average molecular weight is 374 g/mol. The molecule has 1 aliphatic rings. The van der Waals surface area contributed by atoms with E-state index < -0.39 is 0 Å². The van der Waals surface area contributed by atoms with Crippen molar-refractivity contribution in [2.75, 3.05) is 28.6 Å². The summed E-state index contributed by atoms with van der Waals surface area (Å²) in [5.74, 6) is 2.29. The van der Waals surface area contributed by atoms with Gasteiger partial charge in [-0.3, -0.25) is 9.78 Å². The van der Waals surface area contributed by atoms with E-state index in [2.05, 4.69) is 30.5 Å². The van der Waals surface area contributed by atoms with Crippen molar-refractivity contribution in [1.82, 2.24) is 15.0 Å². The van der Waals surface area contributed by atoms with E-state index in [4.69, 9.17) is 0 Å². The van der Waals surface area contributed by atoms with Crippen LogP contribution < -0.4 is 15.5 Å². The first-order valence-electron chi connectivity index (χ1n) is 9.36. The van der Waals surface area contributed by atoms with Crippen LogP contribution in [0.15, 0.2) is 54.9 Å². The Balaban J connectivity index is 1.44. The molecule has 0 unspecified atom stereocenters. The van der Waals surface area contributed by atoms with Crippen molar-refractivity contribution in [1.29, 1.82) is 0 Å². The van der Waals surface area contributed by atoms with Crippen LogP contribution in [0.2, 0.25) is 0 Å². The van der Waals surface area contributed by atoms with Crippen LogP contribution in [0.4, 0.5) is 23.0 Å². The molecule has 1 fully saturated rings. The number of aromatic nitrogens is 3. The zero-order valence-corrected chi connectivity index (χ0v) is 15.7. The van der Waals surface area contributed by atoms with E-state index in [1.807, 2.05) is 37.3 Å². The Morgan fingerprint density at radius 1 is 1.04 bits per heavy atom. The summed E-state index contributed by atoms with van der Waals surface area (Å²) in [6, 6.07) is 13.0. The summed E-state index contributed by atoms with van der Waals surface area (Å²) in [4.78, 5) is 27.5. The molecular weight excluding hydrogens is 352 g/mol. The topological polar surface area (TPSA) is 83.0 Å². The number of aryl methyl sites for hydroxylation is 1. The fraction of sp³-hybridized carbons (Fsp3) is 0.238. The molecule has 1 saturated heterocycles. The van der Waals surface area contributed by atoms with Crippen molar-refractivity contribution in [3.8, 4) is 0 Å². The number of carbonyl (C=O) groups is 1. The summed E-state index contributed by atoms with van der Waals surface area (Å²) in [5.41, 5.74) is 2.14. The predicted molar refractivity (Wildman–Crippen MR) is 110 cm³/mol. The maximum atomic E-state index is 12.2. The minimum absolute atomic E-state index is 0.185. The lowest BCUT2D eigenvalue weighted by Gasteiger charge is -2.18. The van der Waals surface area contributed by atoms with Crippen molar-refractivity contribution >= 4 is 28.9 Å². The molecule has 28 heavy (non-hydrogen) atoms. The summed E-state index contributed by atoms with van der Waals surface area (Å²) in [6.45, 7) is 3.99. The molecule has 0 atom stereocenters. The highest BCUT2D eigenvalue weighted by atomic mass is 16.1. The van der Waals surface area contributed by atoms with Crippen molar-refractivity contribution in [2.24, 2.45) is 0 Å². The number of benzene rings is 1. The first-order chi connectivity index (χ1) is 13.7. The fourth-order valence-electron chi connectivity index (χ4n) is 3.21. The highest BCUT2D eigenvalue weighted by Crippen LogP contribution is 2.23. The lowest BCUT2D eigenvalue weighted by Crippen LogP contribution is -2.19. The van der Waals surface area contributed by atoms with Crippen LogP contribution in [0.1, 0.15) is 29.0 Å². The Kier molecular flexibility index (Phi) is 5.14. The van der Waals surface area contributed by atoms with Crippen molar-refractivity contribution < 1.29 is 4.79 Å². The van der Waals surface area contributed by atoms with E-state index in [0.717, 1.165) is 41.9 Å². The van der Waals surface area contributed by atoms with Crippen LogP contribution in [0.5, 0.6) is 0 Å². The van der Waals surface area contributed by atoms with E-state index in [1.54, 1.807) is 24.5 Å². The molecule has 1 amide bonds. The highest BCUT2D eigenvalue weighted by molar-refractivity contribution is 6.04. The van der Waals surface area contributed by atoms with Crippen LogP contribution in [-0.2, 0) is 0 Å². The van der Waals surface area contributed by atoms with Crippen LogP contribution in [-0.4, -0.2) is 33.9 Å². The quantitative estimate of drug-likeness (QED) is 0.707. The molecular formula is C21H22N6O. The number of nitrogens with zero attached hydrogens (tertiary/aromatic N) is 4. The maximum Gasteiger partial charge on any atom is 0.257 e. The van der Waals surface area contributed by atoms with Gasteiger partial charge < -0.3 is 15.5 Å². The largest absolute Gasteiger partial charge is 0.356 e. The van der Waals surface area contributed by atoms with E-state index in [9.17, 15) is 4.79 Å². The maximum absolute atomic E-state index is 12.2. The zero-order valence-electron chi connectivity index (χ0n) is 15.7. The summed E-state index contributed by atoms with van der Waals surface area (Å²) in [5, 5.41) is 6.19. The highest BCUT2D eigenvalue weighted by Gasteiger charge is 2.15. The van der Waals surface area contributed by atoms with Gasteiger partial charge in [-0.2, -0.15) is 0 Å². The lowest BCUT2D eigenvalue weighted by atomic mass is 10.2. The number of rotatable bonds is 5. The minimum Gasteiger partial charge on any atom is -0.356 e. The molecule has 0 bridgehead atoms. The number of anilines is 4. The van der Waals surface area contributed by atoms with Gasteiger partial charge in [0.1, 0.15) is 17.5 Å². The molecule has 0 radical (unpaired) electrons. The fourth-order valence-corrected chi connectivity index (χ4v) is 3.21. The van der Waals surface area contributed by atoms with E-state index in [1.165, 1.54) is 12.8 Å². The number of hydrogen-bond donors (Lipinski definition) is 2. The van der Waals surface area contributed by atoms with Crippen molar-refractivity contribution in [3.63, 3.8) is 0 Å². The Morgan fingerprint density at radius 3 is 2.50 bits per heavy atom. The van der Waals surface area contributed by atoms with Gasteiger partial charge in [0.05, 0.1) is 5.56 Å². The lowest BCUT2D eigenvalue weighted by molar-refractivity contribution is 0.102. The molecule has 2 N–H and O–H groups in total. The Labute approximate surface area is 163 Å². The molecule has 4 rings (SSSR count). The SMILES string of the molecule is Cc1nc(Nc2ccc(NC(=O)c3cccnc3)cc2)cc(N2CCCC2)n1. The predicted octanol–water partition coefficient (Wildman–Crippen LogP) is 3.78. The van der Waals surface area contributed by atoms with Crippen LogP contribution >= 0.6 is 0 Å². The Hall–Kier alpha value is -3.48. The summed E-state index contributed by atoms with van der Waals surface area (Å²) in [6.07, 6.45) is 5.60. The number of carbonyl (C=O) groups excluding carboxylic acids is 1. The van der Waals surface area contributed by atoms with Crippen molar-refractivity contribution in [2.45, 2.75) is 19.8 Å². The first-order valence-corrected chi connectivity index (χ1v) is 9.36. The number of amides is 1. The molecule has 0 spiro atoms. The molecule has 0 aliphatic carbocycles. The van der Waals surface area contributed by atoms with Gasteiger partial charge in [0.2, 0.25) is 0 Å². The third kappa shape index (κ3) is 4.25. The second-order valence-electron chi connectivity index (χ2n) is 6.75. The molecule has 3 aromatic rings. The van der Waals surface area contributed by atoms with Crippen LogP contribution in [0.25, 0.3) is 0 Å². The standard InChI is InChI=1S/C21H22N6O/c1-15-23-19(13-20(24-15)27-11-2-3-12-27)25-17-6-8-18(9-7-17)26-21(28)16-5-4-10-22-14-16/h4-10,13-14H,2-3,11-12H2,1H3,(H,26,28)(H,23,24,25). The average Bonchev–Trinajstić information content (AvgIpc) is 3.25. The van der Waals surface area contributed by atoms with Gasteiger partial charge >= 0.3 is 0 Å². The monoisotopic (exact) mass is 374 g/mol. The zero-order chi connectivity index (χ0) is 19.3. The summed E-state index contributed by atoms with van der Waals surface area (Å²) < 4.78 is 0. The molecule has 7 heteroatoms. The normalized spacial score (nSPS) is 13.4. The van der Waals surface area contributed by atoms with Gasteiger partial charge in [-0.1, -0.05) is 0 Å². The molecule has 2 aromatic heterocycles. The van der Waals surface area contributed by atoms with Gasteiger partial charge in [0.25, 0.3) is 5.91 Å². The van der Waals surface area contributed by atoms with E-state index in [0.29, 0.717) is 5.56 Å². The molecule has 142 valence electrons. The first kappa shape index (κ1) is 17.9. The third-order valence-electron chi connectivity index (χ3n) is 4.59. The smallest absolute Gasteiger partial charge is 0.257 e. The van der Waals surface area contributed by atoms with E-state index >= 15 is 0 Å². The number of hydrogen-bond acceptors (Lipinski definition) is 6. The molecule has 1 aliphatic heterocycles. The molecule has 1 aromatic carbocycles. The van der Waals surface area contributed by atoms with Gasteiger partial charge in [-0.05, 0) is 56.2 Å². The number of nitrogens with one attached hydrogen (secondary N) is 2. The van der Waals surface area contributed by atoms with Crippen molar-refractivity contribution in [3.05, 3.63) is 66.2 Å². The molecule has 3 heterocycles. The van der Waals surface area contributed by atoms with Crippen LogP contribution in [0.3, 0.4) is 0 Å². The number of pyridine rings is 1. The van der Waals surface area contributed by atoms with Gasteiger partial charge in [0, 0.05) is 42.9 Å². The molecule has 0 saturated carbocycles. The van der Waals surface area contributed by atoms with Gasteiger partial charge in [0.15, 0.2) is 0 Å². The second-order valence-corrected chi connectivity index (χ2v) is 6.75. The third-order valence-corrected chi connectivity index (χ3v) is 4.59. The second kappa shape index (κ2) is 8.04. The van der Waals surface area contributed by atoms with E-state index in [-0.39, 0.29) is 5.91 Å². The Morgan fingerprint density at radius 2 is 1.79 bits per heavy atom. The van der Waals surface area contributed by atoms with Gasteiger partial charge in [-0.25, -0.2) is 9.97 Å². The molecule has 7 nitrogen and oxygen atoms in total. The van der Waals surface area contributed by atoms with Gasteiger partial charge in [-0.15, -0.1) is 0 Å². The summed E-state index contributed by atoms with van der Waals surface area (Å²) in [7, 11) is 0. The Bertz CT molecular complexity index is 952. The van der Waals surface area contributed by atoms with Crippen LogP contribution in [0, 0.1) is 6.92 Å². The summed E-state index contributed by atoms with van der Waals surface area (Å²) >= 11 is 0.